The topological polar surface area (TPSA) is 93.8 Å². The number of hydrazone groups is 1. The van der Waals surface area contributed by atoms with Crippen LogP contribution in [0.2, 0.25) is 0 Å². The van der Waals surface area contributed by atoms with E-state index < -0.39 is 10.8 Å². The molecular weight excluding hydrogens is 310 g/mol. The van der Waals surface area contributed by atoms with Crippen LogP contribution in [0.25, 0.3) is 0 Å². The van der Waals surface area contributed by atoms with Gasteiger partial charge in [0.1, 0.15) is 5.75 Å². The van der Waals surface area contributed by atoms with E-state index >= 15 is 0 Å². The van der Waals surface area contributed by atoms with Crippen LogP contribution >= 0.6 is 0 Å². The third-order valence-corrected chi connectivity index (χ3v) is 3.41. The maximum absolute atomic E-state index is 11.9. The number of nitro benzene ring substituents is 1. The summed E-state index contributed by atoms with van der Waals surface area (Å²) in [5, 5.41) is 14.8. The van der Waals surface area contributed by atoms with Gasteiger partial charge < -0.3 is 4.74 Å². The van der Waals surface area contributed by atoms with Gasteiger partial charge in [-0.1, -0.05) is 18.2 Å². The van der Waals surface area contributed by atoms with Crippen molar-refractivity contribution in [2.75, 3.05) is 7.11 Å². The fourth-order valence-corrected chi connectivity index (χ4v) is 2.14. The first-order chi connectivity index (χ1) is 11.5. The molecule has 1 N–H and O–H groups in total. The minimum atomic E-state index is -0.507. The minimum Gasteiger partial charge on any atom is -0.497 e. The molecule has 0 saturated heterocycles. The quantitative estimate of drug-likeness (QED) is 0.501. The Hall–Kier alpha value is -3.22. The summed E-state index contributed by atoms with van der Waals surface area (Å²) < 4.78 is 5.12. The van der Waals surface area contributed by atoms with Crippen LogP contribution in [0.4, 0.5) is 5.69 Å². The average molecular weight is 327 g/mol. The van der Waals surface area contributed by atoms with Crippen molar-refractivity contribution in [3.63, 3.8) is 0 Å². The number of nitrogens with one attached hydrogen (secondary N) is 1. The summed E-state index contributed by atoms with van der Waals surface area (Å²) in [4.78, 5) is 22.3. The molecule has 124 valence electrons. The lowest BCUT2D eigenvalue weighted by Crippen LogP contribution is -2.20. The number of nitro groups is 1. The number of carbonyl (C=O) groups excluding carboxylic acids is 1. The van der Waals surface area contributed by atoms with Gasteiger partial charge in [-0.15, -0.1) is 0 Å². The van der Waals surface area contributed by atoms with Gasteiger partial charge in [0.25, 0.3) is 5.69 Å². The van der Waals surface area contributed by atoms with Gasteiger partial charge in [-0.25, -0.2) is 5.43 Å². The third kappa shape index (κ3) is 4.39. The lowest BCUT2D eigenvalue weighted by atomic mass is 10.1. The number of aryl methyl sites for hydroxylation is 1. The molecule has 0 heterocycles. The van der Waals surface area contributed by atoms with E-state index in [1.165, 1.54) is 12.3 Å². The molecule has 2 aromatic rings. The van der Waals surface area contributed by atoms with Gasteiger partial charge in [0.05, 0.1) is 24.7 Å². The summed E-state index contributed by atoms with van der Waals surface area (Å²) in [6.07, 6.45) is 1.40. The smallest absolute Gasteiger partial charge is 0.273 e. The predicted molar refractivity (Wildman–Crippen MR) is 90.3 cm³/mol. The molecule has 0 bridgehead atoms. The van der Waals surface area contributed by atoms with Gasteiger partial charge in [-0.3, -0.25) is 14.9 Å². The highest BCUT2D eigenvalue weighted by atomic mass is 16.6. The highest BCUT2D eigenvalue weighted by Gasteiger charge is 2.14. The monoisotopic (exact) mass is 327 g/mol. The number of ether oxygens (including phenoxy) is 1. The van der Waals surface area contributed by atoms with E-state index in [4.69, 9.17) is 4.74 Å². The molecule has 0 atom stereocenters. The van der Waals surface area contributed by atoms with Crippen molar-refractivity contribution in [3.05, 3.63) is 69.3 Å². The Morgan fingerprint density at radius 1 is 1.33 bits per heavy atom. The van der Waals surface area contributed by atoms with Gasteiger partial charge in [-0.05, 0) is 36.2 Å². The van der Waals surface area contributed by atoms with E-state index in [1.807, 2.05) is 19.1 Å². The van der Waals surface area contributed by atoms with E-state index in [9.17, 15) is 14.9 Å². The second kappa shape index (κ2) is 7.87. The maximum Gasteiger partial charge on any atom is 0.273 e. The largest absolute Gasteiger partial charge is 0.497 e. The summed E-state index contributed by atoms with van der Waals surface area (Å²) in [5.41, 5.74) is 4.43. The fraction of sp³-hybridized carbons (Fsp3) is 0.176. The van der Waals surface area contributed by atoms with Gasteiger partial charge in [0, 0.05) is 11.6 Å². The molecule has 0 radical (unpaired) electrons. The van der Waals surface area contributed by atoms with Crippen LogP contribution in [0.1, 0.15) is 16.7 Å². The number of rotatable bonds is 6. The molecule has 2 rings (SSSR count). The van der Waals surface area contributed by atoms with Gasteiger partial charge >= 0.3 is 0 Å². The number of hydrogen-bond donors (Lipinski definition) is 1. The number of para-hydroxylation sites is 1. The number of methoxy groups -OCH3 is 1. The SMILES string of the molecule is COc1ccc(C=NNC(=O)Cc2ccccc2[N+](=O)[O-])c(C)c1. The van der Waals surface area contributed by atoms with Crippen LogP contribution in [0.3, 0.4) is 0 Å². The third-order valence-electron chi connectivity index (χ3n) is 3.41. The number of amides is 1. The Morgan fingerprint density at radius 2 is 2.08 bits per heavy atom. The fourth-order valence-electron chi connectivity index (χ4n) is 2.14. The van der Waals surface area contributed by atoms with Gasteiger partial charge in [0.15, 0.2) is 0 Å². The normalized spacial score (nSPS) is 10.6. The Bertz CT molecular complexity index is 787. The van der Waals surface area contributed by atoms with Crippen molar-refractivity contribution in [2.24, 2.45) is 5.10 Å². The van der Waals surface area contributed by atoms with E-state index in [-0.39, 0.29) is 12.1 Å². The van der Waals surface area contributed by atoms with E-state index in [0.29, 0.717) is 5.56 Å². The molecule has 24 heavy (non-hydrogen) atoms. The predicted octanol–water partition coefficient (Wildman–Crippen LogP) is 2.60. The van der Waals surface area contributed by atoms with Crippen molar-refractivity contribution in [2.45, 2.75) is 13.3 Å². The Balaban J connectivity index is 2.00. The summed E-state index contributed by atoms with van der Waals surface area (Å²) in [6.45, 7) is 1.90. The first-order valence-electron chi connectivity index (χ1n) is 7.20. The zero-order chi connectivity index (χ0) is 17.5. The molecule has 0 saturated carbocycles. The molecule has 2 aromatic carbocycles. The van der Waals surface area contributed by atoms with Crippen LogP contribution in [-0.4, -0.2) is 24.2 Å². The molecule has 0 aromatic heterocycles. The van der Waals surface area contributed by atoms with Crippen molar-refractivity contribution >= 4 is 17.8 Å². The molecule has 0 aliphatic carbocycles. The molecule has 7 nitrogen and oxygen atoms in total. The molecule has 0 fully saturated rings. The molecule has 0 unspecified atom stereocenters. The highest BCUT2D eigenvalue weighted by molar-refractivity contribution is 5.85. The number of hydrogen-bond acceptors (Lipinski definition) is 5. The minimum absolute atomic E-state index is 0.0809. The summed E-state index contributed by atoms with van der Waals surface area (Å²) in [5.74, 6) is 0.316. The molecule has 1 amide bonds. The maximum atomic E-state index is 11.9. The first-order valence-corrected chi connectivity index (χ1v) is 7.20. The lowest BCUT2D eigenvalue weighted by Gasteiger charge is -2.04. The average Bonchev–Trinajstić information content (AvgIpc) is 2.56. The molecule has 0 spiro atoms. The summed E-state index contributed by atoms with van der Waals surface area (Å²) in [7, 11) is 1.59. The van der Waals surface area contributed by atoms with Crippen LogP contribution in [-0.2, 0) is 11.2 Å². The van der Waals surface area contributed by atoms with Crippen LogP contribution in [0.5, 0.6) is 5.75 Å². The van der Waals surface area contributed by atoms with E-state index in [1.54, 1.807) is 31.4 Å². The standard InChI is InChI=1S/C17H17N3O4/c1-12-9-15(24-2)8-7-14(12)11-18-19-17(21)10-13-5-3-4-6-16(13)20(22)23/h3-9,11H,10H2,1-2H3,(H,19,21). The lowest BCUT2D eigenvalue weighted by molar-refractivity contribution is -0.385. The molecule has 0 aliphatic heterocycles. The first kappa shape index (κ1) is 17.1. The van der Waals surface area contributed by atoms with Crippen LogP contribution in [0, 0.1) is 17.0 Å². The van der Waals surface area contributed by atoms with E-state index in [2.05, 4.69) is 10.5 Å². The van der Waals surface area contributed by atoms with Gasteiger partial charge in [0.2, 0.25) is 5.91 Å². The Morgan fingerprint density at radius 3 is 2.75 bits per heavy atom. The highest BCUT2D eigenvalue weighted by Crippen LogP contribution is 2.18. The van der Waals surface area contributed by atoms with Crippen LogP contribution in [0.15, 0.2) is 47.6 Å². The Labute approximate surface area is 139 Å². The summed E-state index contributed by atoms with van der Waals surface area (Å²) >= 11 is 0. The van der Waals surface area contributed by atoms with Crippen molar-refractivity contribution < 1.29 is 14.5 Å². The van der Waals surface area contributed by atoms with E-state index in [0.717, 1.165) is 16.9 Å². The molecule has 0 aliphatic rings. The summed E-state index contributed by atoms with van der Waals surface area (Å²) in [6, 6.07) is 11.6. The van der Waals surface area contributed by atoms with Crippen LogP contribution < -0.4 is 10.2 Å². The number of nitrogens with zero attached hydrogens (tertiary/aromatic N) is 2. The van der Waals surface area contributed by atoms with Gasteiger partial charge in [-0.2, -0.15) is 5.10 Å². The zero-order valence-electron chi connectivity index (χ0n) is 13.4. The number of carbonyl (C=O) groups is 1. The number of benzene rings is 2. The van der Waals surface area contributed by atoms with Crippen molar-refractivity contribution in [3.8, 4) is 5.75 Å². The molecular formula is C17H17N3O4. The second-order valence-corrected chi connectivity index (χ2v) is 5.08. The second-order valence-electron chi connectivity index (χ2n) is 5.08. The van der Waals surface area contributed by atoms with Crippen molar-refractivity contribution in [1.29, 1.82) is 0 Å². The van der Waals surface area contributed by atoms with Crippen molar-refractivity contribution in [1.82, 2.24) is 5.43 Å². The zero-order valence-corrected chi connectivity index (χ0v) is 13.4. The molecule has 7 heteroatoms. The Kier molecular flexibility index (Phi) is 5.62.